The summed E-state index contributed by atoms with van der Waals surface area (Å²) in [6.07, 6.45) is 6.45. The normalized spacial score (nSPS) is 19.0. The minimum Gasteiger partial charge on any atom is -0.385 e. The molecule has 1 aromatic carbocycles. The maximum atomic E-state index is 3.57. The first-order chi connectivity index (χ1) is 7.92. The number of nitrogens with one attached hydrogen (secondary N) is 2. The lowest BCUT2D eigenvalue weighted by Crippen LogP contribution is -2.19. The summed E-state index contributed by atoms with van der Waals surface area (Å²) in [5.41, 5.74) is 4.34. The van der Waals surface area contributed by atoms with Crippen LogP contribution < -0.4 is 10.6 Å². The van der Waals surface area contributed by atoms with Gasteiger partial charge in [-0.05, 0) is 55.8 Å². The predicted octanol–water partition coefficient (Wildman–Crippen LogP) is 2.34. The van der Waals surface area contributed by atoms with Crippen LogP contribution >= 0.6 is 0 Å². The lowest BCUT2D eigenvalue weighted by molar-refractivity contribution is 0.681. The lowest BCUT2D eigenvalue weighted by Gasteiger charge is -2.18. The molecule has 86 valence electrons. The molecular formula is C14H20N2. The first-order valence-corrected chi connectivity index (χ1v) is 6.51. The van der Waals surface area contributed by atoms with E-state index in [9.17, 15) is 0 Å². The highest BCUT2D eigenvalue weighted by Gasteiger charge is 2.19. The molecule has 0 atom stereocenters. The first-order valence-electron chi connectivity index (χ1n) is 6.51. The zero-order chi connectivity index (χ0) is 10.8. The molecule has 2 heteroatoms. The van der Waals surface area contributed by atoms with Crippen molar-refractivity contribution >= 4 is 5.69 Å². The number of fused-ring (bicyclic) bond motifs is 1. The topological polar surface area (TPSA) is 24.1 Å². The van der Waals surface area contributed by atoms with E-state index >= 15 is 0 Å². The summed E-state index contributed by atoms with van der Waals surface area (Å²) in [6, 6.07) is 7.74. The van der Waals surface area contributed by atoms with Gasteiger partial charge in [0.25, 0.3) is 0 Å². The summed E-state index contributed by atoms with van der Waals surface area (Å²) in [4.78, 5) is 0. The van der Waals surface area contributed by atoms with E-state index in [1.54, 1.807) is 0 Å². The third-order valence-corrected chi connectivity index (χ3v) is 3.53. The molecule has 1 saturated carbocycles. The monoisotopic (exact) mass is 216 g/mol. The molecule has 0 spiro atoms. The Labute approximate surface area is 97.4 Å². The largest absolute Gasteiger partial charge is 0.385 e. The third-order valence-electron chi connectivity index (χ3n) is 3.53. The van der Waals surface area contributed by atoms with Crippen molar-refractivity contribution in [3.8, 4) is 0 Å². The van der Waals surface area contributed by atoms with Crippen LogP contribution in [-0.2, 0) is 12.8 Å². The molecule has 0 bridgehead atoms. The maximum absolute atomic E-state index is 3.57. The van der Waals surface area contributed by atoms with E-state index < -0.39 is 0 Å². The van der Waals surface area contributed by atoms with Gasteiger partial charge in [0.05, 0.1) is 0 Å². The molecule has 0 amide bonds. The SMILES string of the molecule is c1cc2c(cc1CCNC1CC1)CCCN2. The van der Waals surface area contributed by atoms with E-state index in [1.165, 1.54) is 48.9 Å². The van der Waals surface area contributed by atoms with Crippen molar-refractivity contribution in [2.45, 2.75) is 38.1 Å². The predicted molar refractivity (Wildman–Crippen MR) is 68.0 cm³/mol. The van der Waals surface area contributed by atoms with Crippen LogP contribution in [0.4, 0.5) is 5.69 Å². The molecule has 2 N–H and O–H groups in total. The fourth-order valence-corrected chi connectivity index (χ4v) is 2.39. The first kappa shape index (κ1) is 10.2. The van der Waals surface area contributed by atoms with Gasteiger partial charge in [-0.1, -0.05) is 12.1 Å². The highest BCUT2D eigenvalue weighted by Crippen LogP contribution is 2.23. The van der Waals surface area contributed by atoms with Gasteiger partial charge in [0.2, 0.25) is 0 Å². The zero-order valence-electron chi connectivity index (χ0n) is 9.76. The van der Waals surface area contributed by atoms with Crippen LogP contribution in [0.1, 0.15) is 30.4 Å². The van der Waals surface area contributed by atoms with Gasteiger partial charge in [-0.25, -0.2) is 0 Å². The molecule has 2 nitrogen and oxygen atoms in total. The molecule has 1 aliphatic heterocycles. The van der Waals surface area contributed by atoms with Crippen molar-refractivity contribution in [1.82, 2.24) is 5.32 Å². The van der Waals surface area contributed by atoms with Crippen LogP contribution in [0.25, 0.3) is 0 Å². The number of anilines is 1. The molecule has 0 radical (unpaired) electrons. The molecule has 16 heavy (non-hydrogen) atoms. The van der Waals surface area contributed by atoms with Crippen molar-refractivity contribution in [2.24, 2.45) is 0 Å². The maximum Gasteiger partial charge on any atom is 0.0372 e. The summed E-state index contributed by atoms with van der Waals surface area (Å²) < 4.78 is 0. The summed E-state index contributed by atoms with van der Waals surface area (Å²) >= 11 is 0. The Morgan fingerprint density at radius 2 is 2.25 bits per heavy atom. The minimum atomic E-state index is 0.833. The number of hydrogen-bond donors (Lipinski definition) is 2. The van der Waals surface area contributed by atoms with Gasteiger partial charge < -0.3 is 10.6 Å². The Balaban J connectivity index is 1.60. The van der Waals surface area contributed by atoms with Gasteiger partial charge in [-0.3, -0.25) is 0 Å². The molecule has 0 saturated heterocycles. The fourth-order valence-electron chi connectivity index (χ4n) is 2.39. The summed E-state index contributed by atoms with van der Waals surface area (Å²) in [5.74, 6) is 0. The summed E-state index contributed by atoms with van der Waals surface area (Å²) in [6.45, 7) is 2.27. The van der Waals surface area contributed by atoms with Crippen molar-refractivity contribution in [3.05, 3.63) is 29.3 Å². The second-order valence-electron chi connectivity index (χ2n) is 5.00. The molecule has 2 aliphatic rings. The number of hydrogen-bond acceptors (Lipinski definition) is 2. The Hall–Kier alpha value is -1.02. The molecule has 1 aromatic rings. The van der Waals surface area contributed by atoms with Crippen LogP contribution in [0.2, 0.25) is 0 Å². The van der Waals surface area contributed by atoms with Crippen LogP contribution in [0.3, 0.4) is 0 Å². The van der Waals surface area contributed by atoms with Gasteiger partial charge in [-0.15, -0.1) is 0 Å². The second-order valence-corrected chi connectivity index (χ2v) is 5.00. The van der Waals surface area contributed by atoms with Crippen LogP contribution in [0, 0.1) is 0 Å². The van der Waals surface area contributed by atoms with Gasteiger partial charge >= 0.3 is 0 Å². The smallest absolute Gasteiger partial charge is 0.0372 e. The van der Waals surface area contributed by atoms with Crippen molar-refractivity contribution < 1.29 is 0 Å². The van der Waals surface area contributed by atoms with E-state index in [2.05, 4.69) is 28.8 Å². The summed E-state index contributed by atoms with van der Waals surface area (Å²) in [7, 11) is 0. The van der Waals surface area contributed by atoms with Gasteiger partial charge in [0.1, 0.15) is 0 Å². The van der Waals surface area contributed by atoms with Crippen molar-refractivity contribution in [3.63, 3.8) is 0 Å². The van der Waals surface area contributed by atoms with Crippen LogP contribution in [-0.4, -0.2) is 19.1 Å². The molecule has 0 aromatic heterocycles. The fraction of sp³-hybridized carbons (Fsp3) is 0.571. The Morgan fingerprint density at radius 3 is 3.12 bits per heavy atom. The van der Waals surface area contributed by atoms with E-state index in [0.717, 1.165) is 19.1 Å². The molecule has 1 heterocycles. The third kappa shape index (κ3) is 2.38. The van der Waals surface area contributed by atoms with E-state index in [4.69, 9.17) is 0 Å². The highest BCUT2D eigenvalue weighted by atomic mass is 14.9. The van der Waals surface area contributed by atoms with E-state index in [-0.39, 0.29) is 0 Å². The number of rotatable bonds is 4. The Kier molecular flexibility index (Phi) is 2.83. The van der Waals surface area contributed by atoms with E-state index in [1.807, 2.05) is 0 Å². The number of aryl methyl sites for hydroxylation is 1. The average Bonchev–Trinajstić information content (AvgIpc) is 3.13. The molecule has 1 fully saturated rings. The standard InChI is InChI=1S/C14H20N2/c1-2-12-10-11(3-6-14(12)16-8-1)7-9-15-13-4-5-13/h3,6,10,13,15-16H,1-2,4-5,7-9H2. The highest BCUT2D eigenvalue weighted by molar-refractivity contribution is 5.54. The Bertz CT molecular complexity index is 369. The molecular weight excluding hydrogens is 196 g/mol. The molecule has 3 rings (SSSR count). The number of benzene rings is 1. The lowest BCUT2D eigenvalue weighted by atomic mass is 9.99. The van der Waals surface area contributed by atoms with Crippen molar-refractivity contribution in [2.75, 3.05) is 18.4 Å². The molecule has 1 aliphatic carbocycles. The van der Waals surface area contributed by atoms with E-state index in [0.29, 0.717) is 0 Å². The zero-order valence-corrected chi connectivity index (χ0v) is 9.76. The van der Waals surface area contributed by atoms with Crippen molar-refractivity contribution in [1.29, 1.82) is 0 Å². The van der Waals surface area contributed by atoms with Crippen LogP contribution in [0.15, 0.2) is 18.2 Å². The van der Waals surface area contributed by atoms with Gasteiger partial charge in [0, 0.05) is 18.3 Å². The van der Waals surface area contributed by atoms with Gasteiger partial charge in [-0.2, -0.15) is 0 Å². The molecule has 0 unspecified atom stereocenters. The minimum absolute atomic E-state index is 0.833. The second kappa shape index (κ2) is 4.46. The Morgan fingerprint density at radius 1 is 1.31 bits per heavy atom. The van der Waals surface area contributed by atoms with Gasteiger partial charge in [0.15, 0.2) is 0 Å². The van der Waals surface area contributed by atoms with Crippen LogP contribution in [0.5, 0.6) is 0 Å². The summed E-state index contributed by atoms with van der Waals surface area (Å²) in [5, 5.41) is 7.03. The quantitative estimate of drug-likeness (QED) is 0.807. The average molecular weight is 216 g/mol.